The lowest BCUT2D eigenvalue weighted by molar-refractivity contribution is 0.312. The molecule has 0 N–H and O–H groups in total. The number of rotatable bonds is 6. The monoisotopic (exact) mass is 384 g/mol. The highest BCUT2D eigenvalue weighted by molar-refractivity contribution is 7.36. The molecule has 0 aromatic heterocycles. The third-order valence-corrected chi connectivity index (χ3v) is 12.5. The number of hydrogen-bond donors (Lipinski definition) is 0. The number of benzene rings is 1. The van der Waals surface area contributed by atoms with E-state index in [4.69, 9.17) is 44.3 Å². The Kier molecular flexibility index (Phi) is 6.97. The van der Waals surface area contributed by atoms with Gasteiger partial charge in [-0.2, -0.15) is 0 Å². The first-order valence-corrected chi connectivity index (χ1v) is 13.6. The zero-order chi connectivity index (χ0) is 15.6. The summed E-state index contributed by atoms with van der Waals surface area (Å²) in [7, 11) is -3.00. The summed E-state index contributed by atoms with van der Waals surface area (Å²) in [6.07, 6.45) is 0.891. The van der Waals surface area contributed by atoms with Crippen LogP contribution < -0.4 is 0 Å². The first-order valence-electron chi connectivity index (χ1n) is 6.51. The van der Waals surface area contributed by atoms with Crippen LogP contribution in [0.2, 0.25) is 10.1 Å². The van der Waals surface area contributed by atoms with Crippen LogP contribution >= 0.6 is 44.3 Å². The maximum absolute atomic E-state index is 6.33. The lowest BCUT2D eigenvalue weighted by atomic mass is 9.79. The molecule has 1 aromatic rings. The Labute approximate surface area is 144 Å². The van der Waals surface area contributed by atoms with Crippen LogP contribution in [-0.4, -0.2) is 14.8 Å². The zero-order valence-corrected chi connectivity index (χ0v) is 17.2. The van der Waals surface area contributed by atoms with E-state index in [1.165, 1.54) is 5.56 Å². The molecule has 1 rings (SSSR count). The van der Waals surface area contributed by atoms with E-state index in [0.29, 0.717) is 0 Å². The fraction of sp³-hybridized carbons (Fsp3) is 0.571. The van der Waals surface area contributed by atoms with Crippen molar-refractivity contribution in [1.29, 1.82) is 0 Å². The molecule has 0 saturated heterocycles. The molecule has 0 aliphatic heterocycles. The summed E-state index contributed by atoms with van der Waals surface area (Å²) >= 11 is 25.3. The highest BCUT2D eigenvalue weighted by Gasteiger charge is 2.49. The Balaban J connectivity index is 3.15. The smallest absolute Gasteiger partial charge is 0.146 e. The first kappa shape index (κ1) is 18.9. The maximum Gasteiger partial charge on any atom is 0.279 e. The Bertz CT molecular complexity index is 398. The molecule has 0 nitrogen and oxygen atoms in total. The summed E-state index contributed by atoms with van der Waals surface area (Å²) in [4.78, 5) is 0. The average Bonchev–Trinajstić information content (AvgIpc) is 2.36. The third-order valence-electron chi connectivity index (χ3n) is 4.00. The minimum atomic E-state index is -1.50. The van der Waals surface area contributed by atoms with Crippen LogP contribution in [0.4, 0.5) is 0 Å². The van der Waals surface area contributed by atoms with Crippen molar-refractivity contribution in [2.45, 2.75) is 44.2 Å². The van der Waals surface area contributed by atoms with Crippen molar-refractivity contribution >= 4 is 59.1 Å². The van der Waals surface area contributed by atoms with Gasteiger partial charge in [0.25, 0.3) is 14.8 Å². The fourth-order valence-electron chi connectivity index (χ4n) is 2.53. The molecule has 0 atom stereocenters. The first-order chi connectivity index (χ1) is 9.10. The molecular weight excluding hydrogens is 366 g/mol. The van der Waals surface area contributed by atoms with Crippen LogP contribution in [0, 0.1) is 5.92 Å². The standard InChI is InChI=1S/C14H20Cl4Si2/c1-13(2,19(15)16)12(14(3,4)20(17)18)10-11-8-6-5-7-9-11/h5-9,12H,10H2,1-4H3. The van der Waals surface area contributed by atoms with Crippen molar-refractivity contribution < 1.29 is 0 Å². The highest BCUT2D eigenvalue weighted by Crippen LogP contribution is 2.56. The summed E-state index contributed by atoms with van der Waals surface area (Å²) in [5, 5.41) is -0.348. The highest BCUT2D eigenvalue weighted by atomic mass is 35.7. The molecule has 0 bridgehead atoms. The molecule has 1 aromatic carbocycles. The molecule has 0 spiro atoms. The van der Waals surface area contributed by atoms with E-state index in [2.05, 4.69) is 39.8 Å². The number of halogens is 4. The van der Waals surface area contributed by atoms with Gasteiger partial charge in [-0.1, -0.05) is 58.0 Å². The Morgan fingerprint density at radius 3 is 1.60 bits per heavy atom. The van der Waals surface area contributed by atoms with Crippen molar-refractivity contribution in [1.82, 2.24) is 0 Å². The van der Waals surface area contributed by atoms with Crippen LogP contribution in [0.25, 0.3) is 0 Å². The Hall–Kier alpha value is 0.814. The van der Waals surface area contributed by atoms with Crippen LogP contribution in [0.3, 0.4) is 0 Å². The molecule has 0 aliphatic carbocycles. The number of hydrogen-bond acceptors (Lipinski definition) is 0. The predicted octanol–water partition coefficient (Wildman–Crippen LogP) is 6.34. The molecular formula is C14H20Cl4Si2. The Morgan fingerprint density at radius 2 is 1.25 bits per heavy atom. The topological polar surface area (TPSA) is 0 Å². The van der Waals surface area contributed by atoms with E-state index in [-0.39, 0.29) is 16.0 Å². The van der Waals surface area contributed by atoms with Gasteiger partial charge in [0.2, 0.25) is 0 Å². The summed E-state index contributed by atoms with van der Waals surface area (Å²) < 4.78 is 0. The van der Waals surface area contributed by atoms with Crippen LogP contribution in [0.5, 0.6) is 0 Å². The van der Waals surface area contributed by atoms with Crippen molar-refractivity contribution in [3.8, 4) is 0 Å². The summed E-state index contributed by atoms with van der Waals surface area (Å²) in [6, 6.07) is 10.4. The van der Waals surface area contributed by atoms with Gasteiger partial charge in [-0.25, -0.2) is 0 Å². The van der Waals surface area contributed by atoms with Gasteiger partial charge in [0, 0.05) is 0 Å². The molecule has 20 heavy (non-hydrogen) atoms. The predicted molar refractivity (Wildman–Crippen MR) is 96.6 cm³/mol. The van der Waals surface area contributed by atoms with E-state index < -0.39 is 14.8 Å². The average molecular weight is 386 g/mol. The van der Waals surface area contributed by atoms with Crippen molar-refractivity contribution in [2.24, 2.45) is 5.92 Å². The van der Waals surface area contributed by atoms with Crippen LogP contribution in [0.1, 0.15) is 33.3 Å². The van der Waals surface area contributed by atoms with Crippen molar-refractivity contribution in [3.63, 3.8) is 0 Å². The van der Waals surface area contributed by atoms with E-state index in [1.54, 1.807) is 0 Å². The molecule has 2 radical (unpaired) electrons. The molecule has 112 valence electrons. The van der Waals surface area contributed by atoms with Crippen molar-refractivity contribution in [2.75, 3.05) is 0 Å². The molecule has 0 saturated carbocycles. The third kappa shape index (κ3) is 4.41. The SMILES string of the molecule is CC(C)(C(Cc1ccccc1)C(C)(C)[Si](Cl)Cl)[Si](Cl)Cl. The molecule has 0 aliphatic rings. The van der Waals surface area contributed by atoms with Gasteiger partial charge >= 0.3 is 0 Å². The molecule has 6 heteroatoms. The zero-order valence-electron chi connectivity index (χ0n) is 12.2. The fourth-order valence-corrected chi connectivity index (χ4v) is 5.70. The van der Waals surface area contributed by atoms with E-state index in [0.717, 1.165) is 6.42 Å². The minimum absolute atomic E-state index is 0.174. The summed E-state index contributed by atoms with van der Waals surface area (Å²) in [5.74, 6) is 0.241. The summed E-state index contributed by atoms with van der Waals surface area (Å²) in [5.41, 5.74) is 1.27. The van der Waals surface area contributed by atoms with Gasteiger partial charge in [-0.15, -0.1) is 44.3 Å². The Morgan fingerprint density at radius 1 is 0.850 bits per heavy atom. The second-order valence-electron chi connectivity index (χ2n) is 6.21. The quantitative estimate of drug-likeness (QED) is 0.396. The summed E-state index contributed by atoms with van der Waals surface area (Å²) in [6.45, 7) is 8.54. The van der Waals surface area contributed by atoms with Crippen LogP contribution in [0.15, 0.2) is 30.3 Å². The van der Waals surface area contributed by atoms with Gasteiger partial charge in [0.05, 0.1) is 0 Å². The second-order valence-corrected chi connectivity index (χ2v) is 15.5. The van der Waals surface area contributed by atoms with E-state index >= 15 is 0 Å². The molecule has 0 amide bonds. The van der Waals surface area contributed by atoms with E-state index in [9.17, 15) is 0 Å². The lowest BCUT2D eigenvalue weighted by Crippen LogP contribution is -2.39. The normalized spacial score (nSPS) is 13.6. The van der Waals surface area contributed by atoms with Gasteiger partial charge in [0.1, 0.15) is 0 Å². The van der Waals surface area contributed by atoms with Gasteiger partial charge in [-0.3, -0.25) is 0 Å². The van der Waals surface area contributed by atoms with Gasteiger partial charge < -0.3 is 0 Å². The van der Waals surface area contributed by atoms with E-state index in [1.807, 2.05) is 18.2 Å². The largest absolute Gasteiger partial charge is 0.279 e. The molecule has 0 fully saturated rings. The van der Waals surface area contributed by atoms with Gasteiger partial charge in [-0.05, 0) is 28.0 Å². The van der Waals surface area contributed by atoms with Crippen LogP contribution in [-0.2, 0) is 6.42 Å². The molecule has 0 heterocycles. The van der Waals surface area contributed by atoms with Crippen molar-refractivity contribution in [3.05, 3.63) is 35.9 Å². The second kappa shape index (κ2) is 7.39. The molecule has 0 unspecified atom stereocenters. The lowest BCUT2D eigenvalue weighted by Gasteiger charge is -2.45. The van der Waals surface area contributed by atoms with Gasteiger partial charge in [0.15, 0.2) is 0 Å². The minimum Gasteiger partial charge on any atom is -0.146 e. The maximum atomic E-state index is 6.33.